The lowest BCUT2D eigenvalue weighted by Crippen LogP contribution is -2.57. The molecule has 0 aromatic heterocycles. The van der Waals surface area contributed by atoms with Gasteiger partial charge in [-0.3, -0.25) is 0 Å². The first kappa shape index (κ1) is 14.5. The topological polar surface area (TPSA) is 12.0 Å². The normalized spacial score (nSPS) is 17.2. The zero-order valence-electron chi connectivity index (χ0n) is 12.1. The van der Waals surface area contributed by atoms with Gasteiger partial charge in [-0.25, -0.2) is 4.39 Å². The Hall–Kier alpha value is -0.890. The van der Waals surface area contributed by atoms with Crippen molar-refractivity contribution in [1.82, 2.24) is 5.32 Å². The second-order valence-electron chi connectivity index (χ2n) is 5.88. The molecular weight excluding hydrogens is 237 g/mol. The lowest BCUT2D eigenvalue weighted by molar-refractivity contribution is 0.241. The molecule has 19 heavy (non-hydrogen) atoms. The monoisotopic (exact) mass is 263 g/mol. The van der Waals surface area contributed by atoms with E-state index in [0.29, 0.717) is 0 Å². The first-order valence-electron chi connectivity index (χ1n) is 7.74. The molecule has 0 saturated carbocycles. The van der Waals surface area contributed by atoms with Crippen LogP contribution >= 0.6 is 0 Å². The van der Waals surface area contributed by atoms with Crippen LogP contribution in [0, 0.1) is 5.82 Å². The fourth-order valence-electron chi connectivity index (χ4n) is 3.06. The molecule has 0 aliphatic carbocycles. The third kappa shape index (κ3) is 3.56. The maximum Gasteiger partial charge on any atom is 0.127 e. The van der Waals surface area contributed by atoms with Crippen LogP contribution in [0.2, 0.25) is 0 Å². The van der Waals surface area contributed by atoms with Gasteiger partial charge in [0.25, 0.3) is 0 Å². The minimum absolute atomic E-state index is 0.0324. The van der Waals surface area contributed by atoms with E-state index in [1.807, 2.05) is 12.1 Å². The smallest absolute Gasteiger partial charge is 0.127 e. The molecule has 1 aromatic rings. The predicted octanol–water partition coefficient (Wildman–Crippen LogP) is 4.42. The van der Waals surface area contributed by atoms with Crippen molar-refractivity contribution in [3.05, 3.63) is 35.6 Å². The van der Waals surface area contributed by atoms with E-state index in [4.69, 9.17) is 0 Å². The molecule has 0 atom stereocenters. The molecule has 1 aliphatic rings. The van der Waals surface area contributed by atoms with Gasteiger partial charge in [-0.15, -0.1) is 0 Å². The van der Waals surface area contributed by atoms with Gasteiger partial charge in [0.2, 0.25) is 0 Å². The standard InChI is InChI=1S/C17H26FN/c1-2-3-4-5-6-9-12-17(13-19-14-17)15-10-7-8-11-16(15)18/h7-8,10-11,19H,2-6,9,12-14H2,1H3. The van der Waals surface area contributed by atoms with E-state index < -0.39 is 0 Å². The Balaban J connectivity index is 1.84. The summed E-state index contributed by atoms with van der Waals surface area (Å²) in [5.41, 5.74) is 0.984. The molecule has 1 aromatic carbocycles. The third-order valence-corrected chi connectivity index (χ3v) is 4.38. The van der Waals surface area contributed by atoms with Crippen LogP contribution in [0.15, 0.2) is 24.3 Å². The first-order chi connectivity index (χ1) is 9.28. The summed E-state index contributed by atoms with van der Waals surface area (Å²) in [7, 11) is 0. The van der Waals surface area contributed by atoms with Crippen LogP contribution in [0.1, 0.15) is 57.4 Å². The van der Waals surface area contributed by atoms with E-state index in [1.54, 1.807) is 12.1 Å². The van der Waals surface area contributed by atoms with Crippen LogP contribution in [0.4, 0.5) is 4.39 Å². The molecule has 1 heterocycles. The Bertz CT molecular complexity index is 385. The summed E-state index contributed by atoms with van der Waals surface area (Å²) < 4.78 is 14.0. The predicted molar refractivity (Wildman–Crippen MR) is 78.9 cm³/mol. The van der Waals surface area contributed by atoms with Gasteiger partial charge in [-0.2, -0.15) is 0 Å². The summed E-state index contributed by atoms with van der Waals surface area (Å²) in [5, 5.41) is 3.32. The minimum atomic E-state index is -0.0324. The van der Waals surface area contributed by atoms with Gasteiger partial charge in [-0.05, 0) is 18.1 Å². The zero-order valence-corrected chi connectivity index (χ0v) is 12.1. The largest absolute Gasteiger partial charge is 0.315 e. The fourth-order valence-corrected chi connectivity index (χ4v) is 3.06. The molecular formula is C17H26FN. The number of nitrogens with one attached hydrogen (secondary N) is 1. The Morgan fingerprint density at radius 1 is 1.05 bits per heavy atom. The van der Waals surface area contributed by atoms with Crippen LogP contribution < -0.4 is 5.32 Å². The van der Waals surface area contributed by atoms with Crippen LogP contribution in [0.5, 0.6) is 0 Å². The second-order valence-corrected chi connectivity index (χ2v) is 5.88. The summed E-state index contributed by atoms with van der Waals surface area (Å²) in [6, 6.07) is 7.30. The molecule has 0 radical (unpaired) electrons. The van der Waals surface area contributed by atoms with Gasteiger partial charge in [0.1, 0.15) is 5.82 Å². The van der Waals surface area contributed by atoms with Crippen molar-refractivity contribution >= 4 is 0 Å². The molecule has 1 aliphatic heterocycles. The van der Waals surface area contributed by atoms with E-state index in [2.05, 4.69) is 12.2 Å². The van der Waals surface area contributed by atoms with Crippen molar-refractivity contribution in [2.75, 3.05) is 13.1 Å². The average Bonchev–Trinajstić information content (AvgIpc) is 2.37. The minimum Gasteiger partial charge on any atom is -0.315 e. The number of unbranched alkanes of at least 4 members (excludes halogenated alkanes) is 5. The molecule has 0 bridgehead atoms. The highest BCUT2D eigenvalue weighted by Crippen LogP contribution is 2.35. The van der Waals surface area contributed by atoms with Gasteiger partial charge >= 0.3 is 0 Å². The van der Waals surface area contributed by atoms with E-state index in [1.165, 1.54) is 38.5 Å². The van der Waals surface area contributed by atoms with E-state index >= 15 is 0 Å². The number of hydrogen-bond donors (Lipinski definition) is 1. The summed E-state index contributed by atoms with van der Waals surface area (Å²) in [5.74, 6) is -0.0324. The lowest BCUT2D eigenvalue weighted by Gasteiger charge is -2.43. The van der Waals surface area contributed by atoms with Gasteiger partial charge in [-0.1, -0.05) is 63.6 Å². The molecule has 1 N–H and O–H groups in total. The van der Waals surface area contributed by atoms with Gasteiger partial charge in [0.05, 0.1) is 0 Å². The molecule has 1 nitrogen and oxygen atoms in total. The molecule has 0 amide bonds. The number of halogens is 1. The summed E-state index contributed by atoms with van der Waals surface area (Å²) >= 11 is 0. The van der Waals surface area contributed by atoms with Crippen LogP contribution in [-0.4, -0.2) is 13.1 Å². The van der Waals surface area contributed by atoms with Crippen molar-refractivity contribution in [2.24, 2.45) is 0 Å². The number of benzene rings is 1. The highest BCUT2D eigenvalue weighted by molar-refractivity contribution is 5.31. The summed E-state index contributed by atoms with van der Waals surface area (Å²) in [4.78, 5) is 0. The van der Waals surface area contributed by atoms with Crippen molar-refractivity contribution in [2.45, 2.75) is 57.3 Å². The van der Waals surface area contributed by atoms with Crippen LogP contribution in [0.25, 0.3) is 0 Å². The molecule has 2 rings (SSSR count). The molecule has 1 saturated heterocycles. The maximum absolute atomic E-state index is 14.0. The zero-order chi connectivity index (χ0) is 13.6. The van der Waals surface area contributed by atoms with Crippen molar-refractivity contribution in [3.8, 4) is 0 Å². The second kappa shape index (κ2) is 7.04. The van der Waals surface area contributed by atoms with Gasteiger partial charge in [0.15, 0.2) is 0 Å². The molecule has 106 valence electrons. The maximum atomic E-state index is 14.0. The molecule has 0 unspecified atom stereocenters. The quantitative estimate of drug-likeness (QED) is 0.685. The summed E-state index contributed by atoms with van der Waals surface area (Å²) in [6.07, 6.45) is 8.95. The van der Waals surface area contributed by atoms with Crippen molar-refractivity contribution in [3.63, 3.8) is 0 Å². The Kier molecular flexibility index (Phi) is 5.38. The SMILES string of the molecule is CCCCCCCCC1(c2ccccc2F)CNC1. The van der Waals surface area contributed by atoms with E-state index in [9.17, 15) is 4.39 Å². The van der Waals surface area contributed by atoms with E-state index in [0.717, 1.165) is 25.1 Å². The van der Waals surface area contributed by atoms with Crippen LogP contribution in [0.3, 0.4) is 0 Å². The number of hydrogen-bond acceptors (Lipinski definition) is 1. The highest BCUT2D eigenvalue weighted by atomic mass is 19.1. The third-order valence-electron chi connectivity index (χ3n) is 4.38. The first-order valence-corrected chi connectivity index (χ1v) is 7.74. The van der Waals surface area contributed by atoms with E-state index in [-0.39, 0.29) is 11.2 Å². The molecule has 1 fully saturated rings. The Morgan fingerprint density at radius 3 is 2.37 bits per heavy atom. The van der Waals surface area contributed by atoms with Crippen molar-refractivity contribution < 1.29 is 4.39 Å². The van der Waals surface area contributed by atoms with Gasteiger partial charge in [0, 0.05) is 18.5 Å². The molecule has 2 heteroatoms. The van der Waals surface area contributed by atoms with Crippen LogP contribution in [-0.2, 0) is 5.41 Å². The number of rotatable bonds is 8. The highest BCUT2D eigenvalue weighted by Gasteiger charge is 2.39. The van der Waals surface area contributed by atoms with Gasteiger partial charge < -0.3 is 5.32 Å². The lowest BCUT2D eigenvalue weighted by atomic mass is 9.71. The summed E-state index contributed by atoms with van der Waals surface area (Å²) in [6.45, 7) is 4.11. The Labute approximate surface area is 116 Å². The molecule has 0 spiro atoms. The van der Waals surface area contributed by atoms with Crippen molar-refractivity contribution in [1.29, 1.82) is 0 Å². The average molecular weight is 263 g/mol. The Morgan fingerprint density at radius 2 is 1.74 bits per heavy atom. The fraction of sp³-hybridized carbons (Fsp3) is 0.647.